The van der Waals surface area contributed by atoms with Crippen molar-refractivity contribution in [2.75, 3.05) is 5.32 Å². The molecule has 1 heterocycles. The predicted molar refractivity (Wildman–Crippen MR) is 85.6 cm³/mol. The summed E-state index contributed by atoms with van der Waals surface area (Å²) in [6, 6.07) is 8.98. The van der Waals surface area contributed by atoms with E-state index in [9.17, 15) is 22.8 Å². The van der Waals surface area contributed by atoms with E-state index in [4.69, 9.17) is 16.0 Å². The van der Waals surface area contributed by atoms with Crippen LogP contribution in [-0.2, 0) is 17.5 Å². The van der Waals surface area contributed by atoms with E-state index in [-0.39, 0.29) is 11.3 Å². The maximum atomic E-state index is 13.0. The maximum absolute atomic E-state index is 13.0. The van der Waals surface area contributed by atoms with E-state index in [1.807, 2.05) is 0 Å². The molecule has 0 aliphatic carbocycles. The second kappa shape index (κ2) is 6.29. The number of carbonyl (C=O) groups is 1. The first-order valence-electron chi connectivity index (χ1n) is 7.00. The minimum absolute atomic E-state index is 0.181. The van der Waals surface area contributed by atoms with Crippen LogP contribution in [0.5, 0.6) is 0 Å². The maximum Gasteiger partial charge on any atom is 0.420 e. The molecule has 5 nitrogen and oxygen atoms in total. The number of amides is 1. The summed E-state index contributed by atoms with van der Waals surface area (Å²) >= 11 is 5.80. The molecule has 0 bridgehead atoms. The Morgan fingerprint density at radius 1 is 1.20 bits per heavy atom. The number of benzene rings is 2. The van der Waals surface area contributed by atoms with Gasteiger partial charge in [-0.25, -0.2) is 4.79 Å². The average molecular weight is 371 g/mol. The highest BCUT2D eigenvalue weighted by Crippen LogP contribution is 2.34. The van der Waals surface area contributed by atoms with Crippen LogP contribution in [0.1, 0.15) is 5.56 Å². The minimum atomic E-state index is -4.61. The normalized spacial score (nSPS) is 11.7. The molecule has 0 spiro atoms. The van der Waals surface area contributed by atoms with E-state index >= 15 is 0 Å². The highest BCUT2D eigenvalue weighted by atomic mass is 35.5. The van der Waals surface area contributed by atoms with Crippen LogP contribution in [0, 0.1) is 0 Å². The SMILES string of the molecule is O=C(Cn1c(=O)oc2cc(Cl)ccc21)Nc1ccccc1C(F)(F)F. The first kappa shape index (κ1) is 17.1. The molecule has 0 aliphatic heterocycles. The number of aromatic nitrogens is 1. The van der Waals surface area contributed by atoms with Crippen molar-refractivity contribution in [1.29, 1.82) is 0 Å². The summed E-state index contributed by atoms with van der Waals surface area (Å²) in [4.78, 5) is 24.0. The molecular weight excluding hydrogens is 361 g/mol. The van der Waals surface area contributed by atoms with Crippen LogP contribution in [0.25, 0.3) is 11.1 Å². The van der Waals surface area contributed by atoms with Gasteiger partial charge in [0.1, 0.15) is 6.54 Å². The van der Waals surface area contributed by atoms with E-state index in [1.165, 1.54) is 30.3 Å². The van der Waals surface area contributed by atoms with Crippen molar-refractivity contribution in [2.45, 2.75) is 12.7 Å². The van der Waals surface area contributed by atoms with Crippen molar-refractivity contribution in [1.82, 2.24) is 4.57 Å². The fourth-order valence-electron chi connectivity index (χ4n) is 2.36. The van der Waals surface area contributed by atoms with E-state index < -0.39 is 29.9 Å². The van der Waals surface area contributed by atoms with Gasteiger partial charge < -0.3 is 9.73 Å². The zero-order chi connectivity index (χ0) is 18.2. The highest BCUT2D eigenvalue weighted by Gasteiger charge is 2.33. The summed E-state index contributed by atoms with van der Waals surface area (Å²) in [6.45, 7) is -0.500. The third kappa shape index (κ3) is 3.53. The summed E-state index contributed by atoms with van der Waals surface area (Å²) in [5.41, 5.74) is -0.863. The largest absolute Gasteiger partial charge is 0.420 e. The first-order chi connectivity index (χ1) is 11.8. The number of para-hydroxylation sites is 1. The molecule has 130 valence electrons. The van der Waals surface area contributed by atoms with Crippen molar-refractivity contribution in [2.24, 2.45) is 0 Å². The van der Waals surface area contributed by atoms with Gasteiger partial charge in [-0.1, -0.05) is 23.7 Å². The topological polar surface area (TPSA) is 64.2 Å². The lowest BCUT2D eigenvalue weighted by Crippen LogP contribution is -2.25. The van der Waals surface area contributed by atoms with Crippen LogP contribution in [0.4, 0.5) is 18.9 Å². The molecule has 0 radical (unpaired) electrons. The highest BCUT2D eigenvalue weighted by molar-refractivity contribution is 6.31. The third-order valence-corrected chi connectivity index (χ3v) is 3.67. The van der Waals surface area contributed by atoms with E-state index in [2.05, 4.69) is 5.32 Å². The predicted octanol–water partition coefficient (Wildman–Crippen LogP) is 3.91. The zero-order valence-corrected chi connectivity index (χ0v) is 13.2. The Kier molecular flexibility index (Phi) is 4.30. The summed E-state index contributed by atoms with van der Waals surface area (Å²) in [5, 5.41) is 2.52. The van der Waals surface area contributed by atoms with Gasteiger partial charge in [0.05, 0.1) is 16.8 Å². The lowest BCUT2D eigenvalue weighted by Gasteiger charge is -2.13. The van der Waals surface area contributed by atoms with Crippen molar-refractivity contribution < 1.29 is 22.4 Å². The minimum Gasteiger partial charge on any atom is -0.408 e. The number of halogens is 4. The van der Waals surface area contributed by atoms with Crippen molar-refractivity contribution in [3.8, 4) is 0 Å². The first-order valence-corrected chi connectivity index (χ1v) is 7.38. The van der Waals surface area contributed by atoms with Gasteiger partial charge in [0, 0.05) is 11.1 Å². The smallest absolute Gasteiger partial charge is 0.408 e. The van der Waals surface area contributed by atoms with Crippen molar-refractivity contribution >= 4 is 34.3 Å². The fourth-order valence-corrected chi connectivity index (χ4v) is 2.52. The van der Waals surface area contributed by atoms with E-state index in [0.29, 0.717) is 10.5 Å². The van der Waals surface area contributed by atoms with Crippen LogP contribution in [-0.4, -0.2) is 10.5 Å². The van der Waals surface area contributed by atoms with Gasteiger partial charge in [-0.05, 0) is 24.3 Å². The van der Waals surface area contributed by atoms with E-state index in [0.717, 1.165) is 16.7 Å². The molecule has 1 N–H and O–H groups in total. The molecule has 9 heteroatoms. The van der Waals surface area contributed by atoms with Gasteiger partial charge in [-0.2, -0.15) is 13.2 Å². The van der Waals surface area contributed by atoms with Crippen LogP contribution in [0.3, 0.4) is 0 Å². The van der Waals surface area contributed by atoms with Crippen LogP contribution >= 0.6 is 11.6 Å². The molecule has 1 aromatic heterocycles. The number of nitrogens with zero attached hydrogens (tertiary/aromatic N) is 1. The standard InChI is InChI=1S/C16H10ClF3N2O3/c17-9-5-6-12-13(7-9)25-15(24)22(12)8-14(23)21-11-4-2-1-3-10(11)16(18,19)20/h1-7H,8H2,(H,21,23). The van der Waals surface area contributed by atoms with E-state index in [1.54, 1.807) is 0 Å². The summed E-state index contributed by atoms with van der Waals surface area (Å²) in [6.07, 6.45) is -4.61. The fraction of sp³-hybridized carbons (Fsp3) is 0.125. The Labute approximate surface area is 143 Å². The van der Waals surface area contributed by atoms with Gasteiger partial charge in [0.25, 0.3) is 0 Å². The molecule has 25 heavy (non-hydrogen) atoms. The molecule has 2 aromatic carbocycles. The van der Waals surface area contributed by atoms with Gasteiger partial charge >= 0.3 is 11.9 Å². The molecule has 0 saturated heterocycles. The van der Waals surface area contributed by atoms with Crippen LogP contribution < -0.4 is 11.1 Å². The number of alkyl halides is 3. The Balaban J connectivity index is 1.88. The van der Waals surface area contributed by atoms with Gasteiger partial charge in [-0.15, -0.1) is 0 Å². The summed E-state index contributed by atoms with van der Waals surface area (Å²) < 4.78 is 44.8. The third-order valence-electron chi connectivity index (χ3n) is 3.44. The van der Waals surface area contributed by atoms with Gasteiger partial charge in [0.2, 0.25) is 5.91 Å². The number of hydrogen-bond acceptors (Lipinski definition) is 3. The van der Waals surface area contributed by atoms with Crippen LogP contribution in [0.15, 0.2) is 51.7 Å². The molecule has 0 atom stereocenters. The van der Waals surface area contributed by atoms with Gasteiger partial charge in [-0.3, -0.25) is 9.36 Å². The lowest BCUT2D eigenvalue weighted by atomic mass is 10.1. The Morgan fingerprint density at radius 2 is 1.92 bits per heavy atom. The van der Waals surface area contributed by atoms with Crippen LogP contribution in [0.2, 0.25) is 5.02 Å². The number of rotatable bonds is 3. The second-order valence-electron chi connectivity index (χ2n) is 5.16. The quantitative estimate of drug-likeness (QED) is 0.760. The number of oxazole rings is 1. The monoisotopic (exact) mass is 370 g/mol. The molecule has 0 fully saturated rings. The number of anilines is 1. The number of nitrogens with one attached hydrogen (secondary N) is 1. The molecule has 0 saturated carbocycles. The Hall–Kier alpha value is -2.74. The molecular formula is C16H10ClF3N2O3. The van der Waals surface area contributed by atoms with Crippen molar-refractivity contribution in [3.05, 3.63) is 63.6 Å². The molecule has 0 unspecified atom stereocenters. The average Bonchev–Trinajstić information content (AvgIpc) is 2.81. The molecule has 1 amide bonds. The molecule has 3 aromatic rings. The lowest BCUT2D eigenvalue weighted by molar-refractivity contribution is -0.137. The van der Waals surface area contributed by atoms with Gasteiger partial charge in [0.15, 0.2) is 5.58 Å². The molecule has 0 aliphatic rings. The zero-order valence-electron chi connectivity index (χ0n) is 12.4. The van der Waals surface area contributed by atoms with Crippen molar-refractivity contribution in [3.63, 3.8) is 0 Å². The molecule has 3 rings (SSSR count). The summed E-state index contributed by atoms with van der Waals surface area (Å²) in [7, 11) is 0. The second-order valence-corrected chi connectivity index (χ2v) is 5.59. The summed E-state index contributed by atoms with van der Waals surface area (Å²) in [5.74, 6) is -1.60. The Bertz CT molecular complexity index is 1010. The number of hydrogen-bond donors (Lipinski definition) is 1. The Morgan fingerprint density at radius 3 is 2.64 bits per heavy atom. The number of fused-ring (bicyclic) bond motifs is 1. The number of carbonyl (C=O) groups excluding carboxylic acids is 1.